The Morgan fingerprint density at radius 2 is 2.00 bits per heavy atom. The quantitative estimate of drug-likeness (QED) is 0.654. The van der Waals surface area contributed by atoms with Crippen LogP contribution in [0.1, 0.15) is 18.4 Å². The summed E-state index contributed by atoms with van der Waals surface area (Å²) in [5, 5.41) is 5.43. The van der Waals surface area contributed by atoms with Crippen molar-refractivity contribution in [2.45, 2.75) is 19.8 Å². The molecule has 0 aliphatic carbocycles. The summed E-state index contributed by atoms with van der Waals surface area (Å²) in [6, 6.07) is 5.45. The first kappa shape index (κ1) is 17.0. The maximum atomic E-state index is 11.9. The highest BCUT2D eigenvalue weighted by molar-refractivity contribution is 5.92. The van der Waals surface area contributed by atoms with Crippen LogP contribution in [0.5, 0.6) is 0 Å². The zero-order chi connectivity index (χ0) is 15.8. The van der Waals surface area contributed by atoms with E-state index in [0.717, 1.165) is 11.3 Å². The van der Waals surface area contributed by atoms with Crippen LogP contribution in [0.3, 0.4) is 0 Å². The van der Waals surface area contributed by atoms with E-state index in [1.165, 1.54) is 0 Å². The van der Waals surface area contributed by atoms with Gasteiger partial charge in [0.15, 0.2) is 0 Å². The molecule has 0 spiro atoms. The predicted octanol–water partition coefficient (Wildman–Crippen LogP) is 0.974. The Morgan fingerprint density at radius 1 is 1.29 bits per heavy atom. The Balaban J connectivity index is 2.34. The first-order valence-electron chi connectivity index (χ1n) is 6.98. The molecule has 0 aliphatic rings. The number of nitrogens with one attached hydrogen (secondary N) is 2. The summed E-state index contributed by atoms with van der Waals surface area (Å²) < 4.78 is 0. The number of nitrogens with zero attached hydrogens (tertiary/aromatic N) is 1. The van der Waals surface area contributed by atoms with Crippen LogP contribution in [-0.4, -0.2) is 43.9 Å². The molecule has 1 aromatic rings. The summed E-state index contributed by atoms with van der Waals surface area (Å²) in [4.78, 5) is 25.0. The highest BCUT2D eigenvalue weighted by atomic mass is 16.2. The minimum atomic E-state index is -0.0444. The molecule has 0 heterocycles. The summed E-state index contributed by atoms with van der Waals surface area (Å²) in [5.74, 6) is -0.0746. The molecule has 0 atom stereocenters. The van der Waals surface area contributed by atoms with Gasteiger partial charge < -0.3 is 16.4 Å². The van der Waals surface area contributed by atoms with Gasteiger partial charge in [0.25, 0.3) is 0 Å². The predicted molar refractivity (Wildman–Crippen MR) is 85.0 cm³/mol. The Kier molecular flexibility index (Phi) is 6.68. The molecule has 4 N–H and O–H groups in total. The van der Waals surface area contributed by atoms with Crippen LogP contribution in [0.15, 0.2) is 18.2 Å². The molecular formula is C15H24N4O2. The molecule has 1 rings (SSSR count). The Bertz CT molecular complexity index is 502. The number of carbonyl (C=O) groups is 2. The fourth-order valence-corrected chi connectivity index (χ4v) is 1.91. The topological polar surface area (TPSA) is 87.5 Å². The second kappa shape index (κ2) is 8.26. The van der Waals surface area contributed by atoms with E-state index in [2.05, 4.69) is 10.6 Å². The van der Waals surface area contributed by atoms with Gasteiger partial charge in [-0.1, -0.05) is 6.07 Å². The lowest BCUT2D eigenvalue weighted by molar-refractivity contribution is -0.121. The number of hydrogen-bond acceptors (Lipinski definition) is 4. The lowest BCUT2D eigenvalue weighted by Gasteiger charge is -2.15. The third-order valence-corrected chi connectivity index (χ3v) is 3.29. The van der Waals surface area contributed by atoms with Gasteiger partial charge in [0, 0.05) is 24.8 Å². The molecule has 0 aliphatic heterocycles. The van der Waals surface area contributed by atoms with Gasteiger partial charge in [0.1, 0.15) is 0 Å². The zero-order valence-corrected chi connectivity index (χ0v) is 12.9. The molecule has 6 heteroatoms. The van der Waals surface area contributed by atoms with Crippen LogP contribution in [0.2, 0.25) is 0 Å². The lowest BCUT2D eigenvalue weighted by Crippen LogP contribution is -2.33. The van der Waals surface area contributed by atoms with Gasteiger partial charge >= 0.3 is 0 Å². The van der Waals surface area contributed by atoms with Crippen LogP contribution in [0, 0.1) is 6.92 Å². The lowest BCUT2D eigenvalue weighted by atomic mass is 10.1. The van der Waals surface area contributed by atoms with Crippen molar-refractivity contribution < 1.29 is 9.59 Å². The molecule has 0 saturated heterocycles. The van der Waals surface area contributed by atoms with Gasteiger partial charge in [-0.3, -0.25) is 14.5 Å². The van der Waals surface area contributed by atoms with Crippen molar-refractivity contribution in [2.75, 3.05) is 38.2 Å². The molecule has 6 nitrogen and oxygen atoms in total. The minimum absolute atomic E-state index is 0.0302. The standard InChI is InChI=1S/C15H24N4O2/c1-11-12(16)6-4-7-13(11)18-14(20)8-5-9-19(3)10-15(21)17-2/h4,6-7H,5,8-10,16H2,1-3H3,(H,17,21)(H,18,20). The van der Waals surface area contributed by atoms with Crippen LogP contribution < -0.4 is 16.4 Å². The van der Waals surface area contributed by atoms with Gasteiger partial charge in [-0.2, -0.15) is 0 Å². The molecule has 1 aromatic carbocycles. The SMILES string of the molecule is CNC(=O)CN(C)CCCC(=O)Nc1cccc(N)c1C. The fraction of sp³-hybridized carbons (Fsp3) is 0.467. The molecule has 0 bridgehead atoms. The maximum Gasteiger partial charge on any atom is 0.233 e. The molecule has 116 valence electrons. The second-order valence-corrected chi connectivity index (χ2v) is 5.08. The van der Waals surface area contributed by atoms with Crippen molar-refractivity contribution in [3.8, 4) is 0 Å². The number of hydrogen-bond donors (Lipinski definition) is 3. The zero-order valence-electron chi connectivity index (χ0n) is 12.9. The first-order valence-corrected chi connectivity index (χ1v) is 6.98. The molecule has 0 saturated carbocycles. The van der Waals surface area contributed by atoms with E-state index in [9.17, 15) is 9.59 Å². The molecule has 0 aromatic heterocycles. The van der Waals surface area contributed by atoms with E-state index in [-0.39, 0.29) is 11.8 Å². The number of carbonyl (C=O) groups excluding carboxylic acids is 2. The Labute approximate surface area is 125 Å². The van der Waals surface area contributed by atoms with Gasteiger partial charge in [-0.15, -0.1) is 0 Å². The number of nitrogen functional groups attached to an aromatic ring is 1. The van der Waals surface area contributed by atoms with Gasteiger partial charge in [0.05, 0.1) is 6.54 Å². The number of likely N-dealkylation sites (N-methyl/N-ethyl adjacent to an activating group) is 2. The largest absolute Gasteiger partial charge is 0.398 e. The van der Waals surface area contributed by atoms with Crippen molar-refractivity contribution in [1.29, 1.82) is 0 Å². The van der Waals surface area contributed by atoms with Crippen LogP contribution >= 0.6 is 0 Å². The first-order chi connectivity index (χ1) is 9.93. The van der Waals surface area contributed by atoms with Crippen LogP contribution in [0.4, 0.5) is 11.4 Å². The van der Waals surface area contributed by atoms with Crippen molar-refractivity contribution >= 4 is 23.2 Å². The monoisotopic (exact) mass is 292 g/mol. The maximum absolute atomic E-state index is 11.9. The van der Waals surface area contributed by atoms with Gasteiger partial charge in [0.2, 0.25) is 11.8 Å². The Hall–Kier alpha value is -2.08. The van der Waals surface area contributed by atoms with Crippen LogP contribution in [0.25, 0.3) is 0 Å². The summed E-state index contributed by atoms with van der Waals surface area (Å²) in [5.41, 5.74) is 8.09. The number of rotatable bonds is 7. The third kappa shape index (κ3) is 5.83. The summed E-state index contributed by atoms with van der Waals surface area (Å²) in [6.45, 7) is 2.91. The summed E-state index contributed by atoms with van der Waals surface area (Å²) in [7, 11) is 3.46. The molecule has 21 heavy (non-hydrogen) atoms. The van der Waals surface area contributed by atoms with Crippen molar-refractivity contribution in [1.82, 2.24) is 10.2 Å². The molecule has 2 amide bonds. The normalized spacial score (nSPS) is 10.5. The summed E-state index contributed by atoms with van der Waals surface area (Å²) in [6.07, 6.45) is 1.10. The number of nitrogens with two attached hydrogens (primary N) is 1. The van der Waals surface area contributed by atoms with E-state index in [0.29, 0.717) is 31.6 Å². The fourth-order valence-electron chi connectivity index (χ4n) is 1.91. The molecule has 0 unspecified atom stereocenters. The van der Waals surface area contributed by atoms with E-state index in [4.69, 9.17) is 5.73 Å². The Morgan fingerprint density at radius 3 is 2.67 bits per heavy atom. The highest BCUT2D eigenvalue weighted by Gasteiger charge is 2.08. The summed E-state index contributed by atoms with van der Waals surface area (Å²) >= 11 is 0. The van der Waals surface area contributed by atoms with Crippen molar-refractivity contribution in [3.05, 3.63) is 23.8 Å². The third-order valence-electron chi connectivity index (χ3n) is 3.29. The second-order valence-electron chi connectivity index (χ2n) is 5.08. The van der Waals surface area contributed by atoms with Crippen LogP contribution in [-0.2, 0) is 9.59 Å². The molecular weight excluding hydrogens is 268 g/mol. The molecule has 0 radical (unpaired) electrons. The van der Waals surface area contributed by atoms with Gasteiger partial charge in [-0.25, -0.2) is 0 Å². The smallest absolute Gasteiger partial charge is 0.233 e. The molecule has 0 fully saturated rings. The van der Waals surface area contributed by atoms with Crippen molar-refractivity contribution in [2.24, 2.45) is 0 Å². The average molecular weight is 292 g/mol. The van der Waals surface area contributed by atoms with E-state index in [1.807, 2.05) is 31.0 Å². The highest BCUT2D eigenvalue weighted by Crippen LogP contribution is 2.20. The van der Waals surface area contributed by atoms with Crippen molar-refractivity contribution in [3.63, 3.8) is 0 Å². The van der Waals surface area contributed by atoms with E-state index < -0.39 is 0 Å². The number of benzene rings is 1. The van der Waals surface area contributed by atoms with Gasteiger partial charge in [-0.05, 0) is 44.6 Å². The van der Waals surface area contributed by atoms with E-state index >= 15 is 0 Å². The van der Waals surface area contributed by atoms with E-state index in [1.54, 1.807) is 13.1 Å². The average Bonchev–Trinajstić information content (AvgIpc) is 2.43. The minimum Gasteiger partial charge on any atom is -0.398 e. The number of anilines is 2. The number of amides is 2.